The summed E-state index contributed by atoms with van der Waals surface area (Å²) in [5.41, 5.74) is 3.86. The standard InChI is InChI=1S/C27H25N3O3S/c1-17-8-12-19(13-9-17)24(31)25(20-14-10-18(2)11-15-20)34-27-29-28-26(30(27)3)23-16-32-21-6-4-5-7-22(21)33-23/h4-15,23,25H,16H2,1-3H3/t23-,25-/m1/s1. The molecule has 3 aromatic carbocycles. The largest absolute Gasteiger partial charge is 0.485 e. The van der Waals surface area contributed by atoms with Gasteiger partial charge in [-0.1, -0.05) is 83.6 Å². The third-order valence-electron chi connectivity index (χ3n) is 5.84. The molecule has 0 radical (unpaired) electrons. The van der Waals surface area contributed by atoms with Crippen LogP contribution in [-0.4, -0.2) is 27.2 Å². The number of hydrogen-bond donors (Lipinski definition) is 0. The van der Waals surface area contributed by atoms with Gasteiger partial charge in [-0.05, 0) is 31.5 Å². The van der Waals surface area contributed by atoms with Crippen LogP contribution in [-0.2, 0) is 7.05 Å². The summed E-state index contributed by atoms with van der Waals surface area (Å²) < 4.78 is 13.9. The number of carbonyl (C=O) groups excluding carboxylic acids is 1. The highest BCUT2D eigenvalue weighted by atomic mass is 32.2. The van der Waals surface area contributed by atoms with Crippen molar-refractivity contribution in [3.63, 3.8) is 0 Å². The molecule has 4 aromatic rings. The quantitative estimate of drug-likeness (QED) is 0.267. The molecule has 0 N–H and O–H groups in total. The number of ether oxygens (including phenoxy) is 2. The number of aryl methyl sites for hydroxylation is 2. The number of Topliss-reactive ketones (excluding diaryl/α,β-unsaturated/α-hetero) is 1. The average molecular weight is 472 g/mol. The number of hydrogen-bond acceptors (Lipinski definition) is 6. The van der Waals surface area contributed by atoms with Crippen LogP contribution in [0.1, 0.15) is 44.2 Å². The summed E-state index contributed by atoms with van der Waals surface area (Å²) in [4.78, 5) is 13.6. The second-order valence-electron chi connectivity index (χ2n) is 8.40. The molecule has 0 unspecified atom stereocenters. The first kappa shape index (κ1) is 22.2. The predicted octanol–water partition coefficient (Wildman–Crippen LogP) is 5.66. The number of ketones is 1. The van der Waals surface area contributed by atoms with Crippen LogP contribution in [0.4, 0.5) is 0 Å². The van der Waals surface area contributed by atoms with Gasteiger partial charge in [0, 0.05) is 12.6 Å². The minimum absolute atomic E-state index is 0.0320. The summed E-state index contributed by atoms with van der Waals surface area (Å²) in [6.45, 7) is 4.39. The fourth-order valence-corrected chi connectivity index (χ4v) is 4.93. The number of carbonyl (C=O) groups is 1. The van der Waals surface area contributed by atoms with E-state index >= 15 is 0 Å². The summed E-state index contributed by atoms with van der Waals surface area (Å²) >= 11 is 1.40. The predicted molar refractivity (Wildman–Crippen MR) is 132 cm³/mol. The van der Waals surface area contributed by atoms with Gasteiger partial charge in [-0.3, -0.25) is 4.79 Å². The van der Waals surface area contributed by atoms with Gasteiger partial charge in [0.25, 0.3) is 0 Å². The van der Waals surface area contributed by atoms with Crippen molar-refractivity contribution in [2.45, 2.75) is 30.4 Å². The molecule has 5 rings (SSSR count). The van der Waals surface area contributed by atoms with Crippen molar-refractivity contribution >= 4 is 17.5 Å². The first-order valence-electron chi connectivity index (χ1n) is 11.1. The molecular formula is C27H25N3O3S. The van der Waals surface area contributed by atoms with Crippen molar-refractivity contribution in [2.75, 3.05) is 6.61 Å². The van der Waals surface area contributed by atoms with E-state index < -0.39 is 5.25 Å². The second kappa shape index (κ2) is 9.35. The van der Waals surface area contributed by atoms with E-state index in [1.807, 2.05) is 98.3 Å². The van der Waals surface area contributed by atoms with Crippen LogP contribution in [0.25, 0.3) is 0 Å². The molecule has 34 heavy (non-hydrogen) atoms. The van der Waals surface area contributed by atoms with Crippen molar-refractivity contribution < 1.29 is 14.3 Å². The summed E-state index contributed by atoms with van der Waals surface area (Å²) in [5.74, 6) is 2.09. The zero-order valence-corrected chi connectivity index (χ0v) is 20.1. The Kier molecular flexibility index (Phi) is 6.11. The average Bonchev–Trinajstić information content (AvgIpc) is 3.23. The molecule has 0 saturated carbocycles. The third-order valence-corrected chi connectivity index (χ3v) is 7.13. The van der Waals surface area contributed by atoms with Crippen LogP contribution in [0.5, 0.6) is 11.5 Å². The van der Waals surface area contributed by atoms with E-state index in [9.17, 15) is 4.79 Å². The van der Waals surface area contributed by atoms with Gasteiger partial charge in [-0.2, -0.15) is 0 Å². The molecule has 0 fully saturated rings. The normalized spacial score (nSPS) is 15.7. The van der Waals surface area contributed by atoms with Gasteiger partial charge < -0.3 is 14.0 Å². The van der Waals surface area contributed by atoms with Crippen LogP contribution < -0.4 is 9.47 Å². The molecule has 2 heterocycles. The number of para-hydroxylation sites is 2. The summed E-state index contributed by atoms with van der Waals surface area (Å²) in [6, 6.07) is 23.3. The molecule has 2 atom stereocenters. The SMILES string of the molecule is Cc1ccc(C(=O)[C@H](Sc2nnc([C@H]3COc4ccccc4O3)n2C)c2ccc(C)cc2)cc1. The number of rotatable bonds is 6. The first-order chi connectivity index (χ1) is 16.5. The van der Waals surface area contributed by atoms with E-state index in [1.165, 1.54) is 11.8 Å². The lowest BCUT2D eigenvalue weighted by Crippen LogP contribution is -2.24. The lowest BCUT2D eigenvalue weighted by molar-refractivity contribution is 0.0825. The topological polar surface area (TPSA) is 66.2 Å². The monoisotopic (exact) mass is 471 g/mol. The maximum absolute atomic E-state index is 13.6. The first-order valence-corrected chi connectivity index (χ1v) is 12.0. The fourth-order valence-electron chi connectivity index (χ4n) is 3.84. The molecule has 1 aliphatic rings. The highest BCUT2D eigenvalue weighted by molar-refractivity contribution is 8.00. The van der Waals surface area contributed by atoms with Crippen molar-refractivity contribution in [3.8, 4) is 11.5 Å². The molecule has 0 bridgehead atoms. The lowest BCUT2D eigenvalue weighted by Gasteiger charge is -2.25. The molecule has 0 aliphatic carbocycles. The number of aromatic nitrogens is 3. The van der Waals surface area contributed by atoms with E-state index in [0.717, 1.165) is 22.4 Å². The summed E-state index contributed by atoms with van der Waals surface area (Å²) in [5, 5.41) is 8.99. The van der Waals surface area contributed by atoms with Gasteiger partial charge in [0.1, 0.15) is 11.9 Å². The van der Waals surface area contributed by atoms with Gasteiger partial charge >= 0.3 is 0 Å². The summed E-state index contributed by atoms with van der Waals surface area (Å²) in [7, 11) is 1.89. The summed E-state index contributed by atoms with van der Waals surface area (Å²) in [6.07, 6.45) is -0.382. The van der Waals surface area contributed by atoms with E-state index in [4.69, 9.17) is 9.47 Å². The smallest absolute Gasteiger partial charge is 0.192 e. The molecule has 0 spiro atoms. The van der Waals surface area contributed by atoms with Gasteiger partial charge in [0.2, 0.25) is 0 Å². The minimum Gasteiger partial charge on any atom is -0.485 e. The van der Waals surface area contributed by atoms with Crippen LogP contribution in [0, 0.1) is 13.8 Å². The van der Waals surface area contributed by atoms with Gasteiger partial charge in [-0.15, -0.1) is 10.2 Å². The van der Waals surface area contributed by atoms with Crippen molar-refractivity contribution in [3.05, 3.63) is 101 Å². The molecule has 7 heteroatoms. The Morgan fingerprint density at radius 2 is 1.59 bits per heavy atom. The van der Waals surface area contributed by atoms with Crippen LogP contribution in [0.3, 0.4) is 0 Å². The fraction of sp³-hybridized carbons (Fsp3) is 0.222. The van der Waals surface area contributed by atoms with Crippen LogP contribution in [0.2, 0.25) is 0 Å². The van der Waals surface area contributed by atoms with Crippen molar-refractivity contribution in [1.29, 1.82) is 0 Å². The van der Waals surface area contributed by atoms with Gasteiger partial charge in [0.15, 0.2) is 34.4 Å². The Morgan fingerprint density at radius 3 is 2.29 bits per heavy atom. The Hall–Kier alpha value is -3.58. The van der Waals surface area contributed by atoms with E-state index in [1.54, 1.807) is 0 Å². The van der Waals surface area contributed by atoms with E-state index in [0.29, 0.717) is 28.9 Å². The molecular weight excluding hydrogens is 446 g/mol. The maximum atomic E-state index is 13.6. The molecule has 0 saturated heterocycles. The molecule has 1 aliphatic heterocycles. The lowest BCUT2D eigenvalue weighted by atomic mass is 10.0. The highest BCUT2D eigenvalue weighted by Crippen LogP contribution is 2.39. The third kappa shape index (κ3) is 4.43. The van der Waals surface area contributed by atoms with Crippen molar-refractivity contribution in [2.24, 2.45) is 7.05 Å². The number of thioether (sulfide) groups is 1. The zero-order valence-electron chi connectivity index (χ0n) is 19.3. The molecule has 1 aromatic heterocycles. The Balaban J connectivity index is 1.44. The highest BCUT2D eigenvalue weighted by Gasteiger charge is 2.30. The van der Waals surface area contributed by atoms with E-state index in [-0.39, 0.29) is 11.9 Å². The maximum Gasteiger partial charge on any atom is 0.192 e. The molecule has 0 amide bonds. The molecule has 172 valence electrons. The molecule has 6 nitrogen and oxygen atoms in total. The zero-order chi connectivity index (χ0) is 23.7. The minimum atomic E-state index is -0.455. The number of benzene rings is 3. The number of nitrogens with zero attached hydrogens (tertiary/aromatic N) is 3. The van der Waals surface area contributed by atoms with Crippen LogP contribution >= 0.6 is 11.8 Å². The Bertz CT molecular complexity index is 1320. The van der Waals surface area contributed by atoms with Crippen LogP contribution in [0.15, 0.2) is 78.0 Å². The van der Waals surface area contributed by atoms with Gasteiger partial charge in [-0.25, -0.2) is 0 Å². The number of fused-ring (bicyclic) bond motifs is 1. The second-order valence-corrected chi connectivity index (χ2v) is 9.48. The Morgan fingerprint density at radius 1 is 0.941 bits per heavy atom. The van der Waals surface area contributed by atoms with Gasteiger partial charge in [0.05, 0.1) is 0 Å². The Labute approximate surface area is 202 Å². The van der Waals surface area contributed by atoms with E-state index in [2.05, 4.69) is 10.2 Å². The van der Waals surface area contributed by atoms with Crippen molar-refractivity contribution in [1.82, 2.24) is 14.8 Å².